The third-order valence-corrected chi connectivity index (χ3v) is 5.37. The topological polar surface area (TPSA) is 93.7 Å². The molecule has 134 valence electrons. The van der Waals surface area contributed by atoms with E-state index in [2.05, 4.69) is 5.43 Å². The molecule has 2 N–H and O–H groups in total. The number of amides is 1. The van der Waals surface area contributed by atoms with E-state index in [0.717, 1.165) is 0 Å². The van der Waals surface area contributed by atoms with Gasteiger partial charge in [0.15, 0.2) is 11.5 Å². The highest BCUT2D eigenvalue weighted by molar-refractivity contribution is 7.89. The number of carbonyl (C=O) groups excluding carboxylic acids is 1. The van der Waals surface area contributed by atoms with E-state index in [9.17, 15) is 13.2 Å². The molecule has 25 heavy (non-hydrogen) atoms. The standard InChI is InChI=1S/C15H14Cl2N2O5S/c1-23-11-7-6-9(8-12(11)24-2)15(20)18-19-25(21,22)13-5-3-4-10(16)14(13)17/h3-8,19H,1-2H3,(H,18,20). The Hall–Kier alpha value is -2.00. The molecule has 0 heterocycles. The van der Waals surface area contributed by atoms with E-state index >= 15 is 0 Å². The maximum atomic E-state index is 12.3. The van der Waals surface area contributed by atoms with Gasteiger partial charge in [0.05, 0.1) is 24.3 Å². The molecule has 0 fully saturated rings. The first-order valence-corrected chi connectivity index (χ1v) is 9.02. The molecule has 0 aliphatic carbocycles. The van der Waals surface area contributed by atoms with Gasteiger partial charge in [0.2, 0.25) is 0 Å². The lowest BCUT2D eigenvalue weighted by molar-refractivity contribution is 0.0944. The Bertz CT molecular complexity index is 903. The second kappa shape index (κ2) is 7.92. The van der Waals surface area contributed by atoms with Crippen LogP contribution in [-0.4, -0.2) is 28.5 Å². The summed E-state index contributed by atoms with van der Waals surface area (Å²) in [5, 5.41) is -0.0622. The Labute approximate surface area is 154 Å². The molecular weight excluding hydrogens is 391 g/mol. The molecule has 0 saturated heterocycles. The van der Waals surface area contributed by atoms with Gasteiger partial charge in [-0.2, -0.15) is 0 Å². The SMILES string of the molecule is COc1ccc(C(=O)NNS(=O)(=O)c2cccc(Cl)c2Cl)cc1OC. The fourth-order valence-corrected chi connectivity index (χ4v) is 3.51. The number of halogens is 2. The summed E-state index contributed by atoms with van der Waals surface area (Å²) >= 11 is 11.7. The van der Waals surface area contributed by atoms with Crippen molar-refractivity contribution in [3.05, 3.63) is 52.0 Å². The van der Waals surface area contributed by atoms with E-state index in [1.165, 1.54) is 50.6 Å². The van der Waals surface area contributed by atoms with Gasteiger partial charge in [-0.25, -0.2) is 8.42 Å². The smallest absolute Gasteiger partial charge is 0.266 e. The summed E-state index contributed by atoms with van der Waals surface area (Å²) in [6.45, 7) is 0. The van der Waals surface area contributed by atoms with Gasteiger partial charge in [-0.15, -0.1) is 4.83 Å². The van der Waals surface area contributed by atoms with Gasteiger partial charge in [0, 0.05) is 5.56 Å². The molecule has 0 unspecified atom stereocenters. The van der Waals surface area contributed by atoms with Crippen molar-refractivity contribution in [3.63, 3.8) is 0 Å². The zero-order chi connectivity index (χ0) is 18.6. The third kappa shape index (κ3) is 4.35. The summed E-state index contributed by atoms with van der Waals surface area (Å²) in [6.07, 6.45) is 0. The number of hydrogen-bond donors (Lipinski definition) is 2. The average molecular weight is 405 g/mol. The first kappa shape index (κ1) is 19.3. The Balaban J connectivity index is 2.18. The molecule has 0 bridgehead atoms. The van der Waals surface area contributed by atoms with Gasteiger partial charge in [-0.05, 0) is 30.3 Å². The quantitative estimate of drug-likeness (QED) is 0.721. The third-order valence-electron chi connectivity index (χ3n) is 3.15. The van der Waals surface area contributed by atoms with Crippen molar-refractivity contribution < 1.29 is 22.7 Å². The highest BCUT2D eigenvalue weighted by atomic mass is 35.5. The van der Waals surface area contributed by atoms with Gasteiger partial charge >= 0.3 is 0 Å². The number of methoxy groups -OCH3 is 2. The number of hydrogen-bond acceptors (Lipinski definition) is 5. The van der Waals surface area contributed by atoms with Crippen LogP contribution in [0.3, 0.4) is 0 Å². The van der Waals surface area contributed by atoms with Crippen molar-refractivity contribution in [2.45, 2.75) is 4.90 Å². The molecular formula is C15H14Cl2N2O5S. The molecule has 0 atom stereocenters. The van der Waals surface area contributed by atoms with Gasteiger partial charge < -0.3 is 9.47 Å². The largest absolute Gasteiger partial charge is 0.493 e. The van der Waals surface area contributed by atoms with Crippen LogP contribution < -0.4 is 19.7 Å². The van der Waals surface area contributed by atoms with E-state index in [1.807, 2.05) is 4.83 Å². The van der Waals surface area contributed by atoms with Crippen LogP contribution in [0.1, 0.15) is 10.4 Å². The summed E-state index contributed by atoms with van der Waals surface area (Å²) < 4.78 is 34.7. The van der Waals surface area contributed by atoms with Crippen LogP contribution in [0, 0.1) is 0 Å². The highest BCUT2D eigenvalue weighted by Crippen LogP contribution is 2.29. The summed E-state index contributed by atoms with van der Waals surface area (Å²) in [6, 6.07) is 8.53. The van der Waals surface area contributed by atoms with Gasteiger partial charge in [-0.1, -0.05) is 29.3 Å². The van der Waals surface area contributed by atoms with Gasteiger partial charge in [0.25, 0.3) is 15.9 Å². The van der Waals surface area contributed by atoms with Crippen LogP contribution in [0.2, 0.25) is 10.0 Å². The normalized spacial score (nSPS) is 11.0. The first-order valence-electron chi connectivity index (χ1n) is 6.78. The average Bonchev–Trinajstić information content (AvgIpc) is 2.61. The second-order valence-electron chi connectivity index (χ2n) is 4.68. The van der Waals surface area contributed by atoms with E-state index in [4.69, 9.17) is 32.7 Å². The predicted molar refractivity (Wildman–Crippen MR) is 93.8 cm³/mol. The minimum absolute atomic E-state index is 0.0794. The molecule has 0 aromatic heterocycles. The minimum atomic E-state index is -4.10. The Morgan fingerprint density at radius 1 is 1.04 bits per heavy atom. The van der Waals surface area contributed by atoms with Crippen molar-refractivity contribution in [2.24, 2.45) is 0 Å². The van der Waals surface area contributed by atoms with Gasteiger partial charge in [0.1, 0.15) is 4.90 Å². The monoisotopic (exact) mass is 404 g/mol. The van der Waals surface area contributed by atoms with Crippen LogP contribution in [0.25, 0.3) is 0 Å². The van der Waals surface area contributed by atoms with Crippen LogP contribution in [0.4, 0.5) is 0 Å². The minimum Gasteiger partial charge on any atom is -0.493 e. The van der Waals surface area contributed by atoms with Crippen LogP contribution in [-0.2, 0) is 10.0 Å². The number of hydrazine groups is 1. The molecule has 1 amide bonds. The van der Waals surface area contributed by atoms with Crippen LogP contribution in [0.15, 0.2) is 41.3 Å². The molecule has 0 aliphatic rings. The predicted octanol–water partition coefficient (Wildman–Crippen LogP) is 2.63. The van der Waals surface area contributed by atoms with Crippen LogP contribution in [0.5, 0.6) is 11.5 Å². The second-order valence-corrected chi connectivity index (χ2v) is 7.12. The first-order chi connectivity index (χ1) is 11.8. The van der Waals surface area contributed by atoms with Crippen molar-refractivity contribution in [1.82, 2.24) is 10.3 Å². The van der Waals surface area contributed by atoms with E-state index < -0.39 is 15.9 Å². The van der Waals surface area contributed by atoms with E-state index in [-0.39, 0.29) is 20.5 Å². The molecule has 0 radical (unpaired) electrons. The van der Waals surface area contributed by atoms with Crippen molar-refractivity contribution >= 4 is 39.1 Å². The maximum absolute atomic E-state index is 12.3. The van der Waals surface area contributed by atoms with Gasteiger partial charge in [-0.3, -0.25) is 10.2 Å². The van der Waals surface area contributed by atoms with Crippen molar-refractivity contribution in [3.8, 4) is 11.5 Å². The Morgan fingerprint density at radius 2 is 1.72 bits per heavy atom. The summed E-state index contributed by atoms with van der Waals surface area (Å²) in [5.41, 5.74) is 2.26. The molecule has 2 aromatic rings. The van der Waals surface area contributed by atoms with E-state index in [0.29, 0.717) is 11.5 Å². The number of sulfonamides is 1. The molecule has 2 aromatic carbocycles. The number of benzene rings is 2. The van der Waals surface area contributed by atoms with Crippen molar-refractivity contribution in [1.29, 1.82) is 0 Å². The fraction of sp³-hybridized carbons (Fsp3) is 0.133. The van der Waals surface area contributed by atoms with Crippen molar-refractivity contribution in [2.75, 3.05) is 14.2 Å². The molecule has 2 rings (SSSR count). The molecule has 0 saturated carbocycles. The maximum Gasteiger partial charge on any atom is 0.266 e. The zero-order valence-electron chi connectivity index (χ0n) is 13.2. The fourth-order valence-electron chi connectivity index (χ4n) is 1.91. The Kier molecular flexibility index (Phi) is 6.12. The number of rotatable bonds is 6. The number of nitrogens with one attached hydrogen (secondary N) is 2. The lowest BCUT2D eigenvalue weighted by atomic mass is 10.2. The number of carbonyl (C=O) groups is 1. The lowest BCUT2D eigenvalue weighted by Crippen LogP contribution is -2.41. The summed E-state index contributed by atoms with van der Waals surface area (Å²) in [4.78, 5) is 13.9. The Morgan fingerprint density at radius 3 is 2.36 bits per heavy atom. The number of ether oxygens (including phenoxy) is 2. The highest BCUT2D eigenvalue weighted by Gasteiger charge is 2.21. The summed E-state index contributed by atoms with van der Waals surface area (Å²) in [5.74, 6) is 0.0731. The molecule has 0 aliphatic heterocycles. The lowest BCUT2D eigenvalue weighted by Gasteiger charge is -2.12. The van der Waals surface area contributed by atoms with E-state index in [1.54, 1.807) is 0 Å². The summed E-state index contributed by atoms with van der Waals surface area (Å²) in [7, 11) is -1.22. The molecule has 7 nitrogen and oxygen atoms in total. The van der Waals surface area contributed by atoms with Crippen LogP contribution >= 0.6 is 23.2 Å². The zero-order valence-corrected chi connectivity index (χ0v) is 15.5. The molecule has 0 spiro atoms. The molecule has 10 heteroatoms.